The third-order valence-corrected chi connectivity index (χ3v) is 4.13. The van der Waals surface area contributed by atoms with Crippen LogP contribution in [0.2, 0.25) is 0 Å². The maximum atomic E-state index is 5.81. The molecule has 1 aliphatic rings. The fourth-order valence-electron chi connectivity index (χ4n) is 2.48. The van der Waals surface area contributed by atoms with Gasteiger partial charge in [0.15, 0.2) is 0 Å². The summed E-state index contributed by atoms with van der Waals surface area (Å²) < 4.78 is 6.71. The van der Waals surface area contributed by atoms with Crippen LogP contribution in [0.25, 0.3) is 0 Å². The van der Waals surface area contributed by atoms with E-state index in [1.54, 1.807) is 6.20 Å². The topological polar surface area (TPSA) is 48.1 Å². The Balaban J connectivity index is 1.90. The second kappa shape index (κ2) is 6.36. The summed E-state index contributed by atoms with van der Waals surface area (Å²) in [6, 6.07) is 3.84. The second-order valence-corrected chi connectivity index (χ2v) is 5.50. The van der Waals surface area contributed by atoms with Crippen molar-refractivity contribution >= 4 is 15.9 Å². The van der Waals surface area contributed by atoms with E-state index in [2.05, 4.69) is 20.9 Å². The summed E-state index contributed by atoms with van der Waals surface area (Å²) in [5.74, 6) is 1.89. The molecule has 1 fully saturated rings. The molecular formula is C13H19BrN2O. The van der Waals surface area contributed by atoms with Crippen molar-refractivity contribution in [3.05, 3.63) is 22.8 Å². The number of ether oxygens (including phenoxy) is 1. The molecule has 4 heteroatoms. The zero-order chi connectivity index (χ0) is 12.1. The Morgan fingerprint density at radius 2 is 2.12 bits per heavy atom. The molecule has 1 aromatic heterocycles. The predicted molar refractivity (Wildman–Crippen MR) is 71.9 cm³/mol. The van der Waals surface area contributed by atoms with Crippen LogP contribution in [0.5, 0.6) is 5.88 Å². The van der Waals surface area contributed by atoms with E-state index in [1.807, 2.05) is 12.1 Å². The van der Waals surface area contributed by atoms with Gasteiger partial charge in [-0.2, -0.15) is 0 Å². The van der Waals surface area contributed by atoms with Crippen LogP contribution in [-0.4, -0.2) is 18.1 Å². The maximum absolute atomic E-state index is 5.81. The lowest BCUT2D eigenvalue weighted by Gasteiger charge is -2.30. The molecule has 0 spiro atoms. The maximum Gasteiger partial charge on any atom is 0.227 e. The zero-order valence-electron chi connectivity index (χ0n) is 9.94. The average Bonchev–Trinajstić information content (AvgIpc) is 2.38. The van der Waals surface area contributed by atoms with Crippen molar-refractivity contribution in [2.24, 2.45) is 17.6 Å². The monoisotopic (exact) mass is 298 g/mol. The van der Waals surface area contributed by atoms with Gasteiger partial charge in [-0.25, -0.2) is 4.98 Å². The van der Waals surface area contributed by atoms with Crippen LogP contribution in [-0.2, 0) is 0 Å². The molecule has 1 saturated carbocycles. The minimum Gasteiger partial charge on any atom is -0.477 e. The summed E-state index contributed by atoms with van der Waals surface area (Å²) >= 11 is 3.44. The first kappa shape index (κ1) is 12.8. The fourth-order valence-corrected chi connectivity index (χ4v) is 2.85. The van der Waals surface area contributed by atoms with Crippen LogP contribution in [0.3, 0.4) is 0 Å². The first-order valence-corrected chi connectivity index (χ1v) is 7.04. The van der Waals surface area contributed by atoms with Crippen LogP contribution >= 0.6 is 15.9 Å². The highest BCUT2D eigenvalue weighted by Gasteiger charge is 2.24. The van der Waals surface area contributed by atoms with Crippen molar-refractivity contribution in [2.45, 2.75) is 25.7 Å². The molecule has 0 amide bonds. The zero-order valence-corrected chi connectivity index (χ0v) is 11.5. The van der Waals surface area contributed by atoms with E-state index in [-0.39, 0.29) is 0 Å². The molecule has 94 valence electrons. The molecule has 1 aliphatic carbocycles. The summed E-state index contributed by atoms with van der Waals surface area (Å²) in [7, 11) is 0. The van der Waals surface area contributed by atoms with E-state index in [0.717, 1.165) is 17.6 Å². The van der Waals surface area contributed by atoms with Gasteiger partial charge in [-0.3, -0.25) is 0 Å². The molecule has 2 atom stereocenters. The summed E-state index contributed by atoms with van der Waals surface area (Å²) in [6.07, 6.45) is 6.83. The number of rotatable bonds is 4. The van der Waals surface area contributed by atoms with Gasteiger partial charge in [0.2, 0.25) is 5.88 Å². The molecule has 0 aliphatic heterocycles. The Morgan fingerprint density at radius 3 is 2.82 bits per heavy atom. The summed E-state index contributed by atoms with van der Waals surface area (Å²) in [6.45, 7) is 1.51. The summed E-state index contributed by atoms with van der Waals surface area (Å²) in [5, 5.41) is 0. The lowest BCUT2D eigenvalue weighted by Crippen LogP contribution is -2.30. The highest BCUT2D eigenvalue weighted by molar-refractivity contribution is 9.10. The summed E-state index contributed by atoms with van der Waals surface area (Å²) in [4.78, 5) is 4.21. The van der Waals surface area contributed by atoms with Crippen molar-refractivity contribution in [2.75, 3.05) is 13.2 Å². The molecule has 2 unspecified atom stereocenters. The lowest BCUT2D eigenvalue weighted by molar-refractivity contribution is 0.149. The molecule has 2 rings (SSSR count). The largest absolute Gasteiger partial charge is 0.477 e. The van der Waals surface area contributed by atoms with Gasteiger partial charge in [-0.1, -0.05) is 12.8 Å². The number of pyridine rings is 1. The molecule has 1 aromatic rings. The molecule has 3 nitrogen and oxygen atoms in total. The molecule has 17 heavy (non-hydrogen) atoms. The molecule has 0 radical (unpaired) electrons. The van der Waals surface area contributed by atoms with Gasteiger partial charge in [-0.15, -0.1) is 0 Å². The molecule has 0 saturated heterocycles. The van der Waals surface area contributed by atoms with Crippen molar-refractivity contribution in [3.63, 3.8) is 0 Å². The van der Waals surface area contributed by atoms with Crippen LogP contribution < -0.4 is 10.5 Å². The van der Waals surface area contributed by atoms with E-state index in [1.165, 1.54) is 25.7 Å². The van der Waals surface area contributed by atoms with Gasteiger partial charge in [-0.05, 0) is 59.3 Å². The van der Waals surface area contributed by atoms with Gasteiger partial charge in [0.25, 0.3) is 0 Å². The minimum absolute atomic E-state index is 0.586. The highest BCUT2D eigenvalue weighted by Crippen LogP contribution is 2.30. The van der Waals surface area contributed by atoms with E-state index < -0.39 is 0 Å². The third kappa shape index (κ3) is 3.42. The fraction of sp³-hybridized carbons (Fsp3) is 0.615. The molecule has 1 heterocycles. The third-order valence-electron chi connectivity index (χ3n) is 3.53. The molecule has 0 bridgehead atoms. The Morgan fingerprint density at radius 1 is 1.35 bits per heavy atom. The highest BCUT2D eigenvalue weighted by atomic mass is 79.9. The number of hydrogen-bond donors (Lipinski definition) is 1. The first-order valence-electron chi connectivity index (χ1n) is 6.24. The number of halogens is 1. The Kier molecular flexibility index (Phi) is 4.80. The van der Waals surface area contributed by atoms with E-state index >= 15 is 0 Å². The standard InChI is InChI=1S/C13H19BrN2O/c14-12-6-3-7-16-13(12)17-9-11-5-2-1-4-10(11)8-15/h3,6-7,10-11H,1-2,4-5,8-9,15H2. The van der Waals surface area contributed by atoms with Crippen molar-refractivity contribution in [3.8, 4) is 5.88 Å². The van der Waals surface area contributed by atoms with E-state index in [4.69, 9.17) is 10.5 Å². The molecule has 2 N–H and O–H groups in total. The van der Waals surface area contributed by atoms with Crippen molar-refractivity contribution in [1.82, 2.24) is 4.98 Å². The van der Waals surface area contributed by atoms with Crippen molar-refractivity contribution in [1.29, 1.82) is 0 Å². The van der Waals surface area contributed by atoms with Gasteiger partial charge in [0.05, 0.1) is 11.1 Å². The smallest absolute Gasteiger partial charge is 0.227 e. The van der Waals surface area contributed by atoms with Crippen LogP contribution in [0.4, 0.5) is 0 Å². The number of hydrogen-bond acceptors (Lipinski definition) is 3. The summed E-state index contributed by atoms with van der Waals surface area (Å²) in [5.41, 5.74) is 5.81. The SMILES string of the molecule is NCC1CCCCC1COc1ncccc1Br. The van der Waals surface area contributed by atoms with Gasteiger partial charge in [0, 0.05) is 6.20 Å². The molecular weight excluding hydrogens is 280 g/mol. The molecule has 0 aromatic carbocycles. The minimum atomic E-state index is 0.586. The van der Waals surface area contributed by atoms with E-state index in [0.29, 0.717) is 17.7 Å². The van der Waals surface area contributed by atoms with Gasteiger partial charge < -0.3 is 10.5 Å². The van der Waals surface area contributed by atoms with Crippen LogP contribution in [0, 0.1) is 11.8 Å². The van der Waals surface area contributed by atoms with Crippen molar-refractivity contribution < 1.29 is 4.74 Å². The average molecular weight is 299 g/mol. The van der Waals surface area contributed by atoms with Gasteiger partial charge >= 0.3 is 0 Å². The first-order chi connectivity index (χ1) is 8.31. The Hall–Kier alpha value is -0.610. The normalized spacial score (nSPS) is 24.6. The van der Waals surface area contributed by atoms with Crippen LogP contribution in [0.15, 0.2) is 22.8 Å². The lowest BCUT2D eigenvalue weighted by atomic mass is 9.80. The number of aromatic nitrogens is 1. The van der Waals surface area contributed by atoms with Gasteiger partial charge in [0.1, 0.15) is 0 Å². The Bertz CT molecular complexity index is 359. The number of nitrogens with two attached hydrogens (primary N) is 1. The van der Waals surface area contributed by atoms with E-state index in [9.17, 15) is 0 Å². The second-order valence-electron chi connectivity index (χ2n) is 4.64. The number of nitrogens with zero attached hydrogens (tertiary/aromatic N) is 1. The quantitative estimate of drug-likeness (QED) is 0.929. The van der Waals surface area contributed by atoms with Crippen LogP contribution in [0.1, 0.15) is 25.7 Å². The predicted octanol–water partition coefficient (Wildman–Crippen LogP) is 2.99. The Labute approximate surface area is 111 Å².